The van der Waals surface area contributed by atoms with Crippen LogP contribution in [0.5, 0.6) is 5.75 Å². The molecule has 2 aliphatic rings. The number of likely N-dealkylation sites (tertiary alicyclic amines) is 1. The number of aromatic hydroxyl groups is 1. The van der Waals surface area contributed by atoms with Gasteiger partial charge in [0.1, 0.15) is 5.60 Å². The van der Waals surface area contributed by atoms with Gasteiger partial charge in [-0.15, -0.1) is 0 Å². The van der Waals surface area contributed by atoms with Gasteiger partial charge < -0.3 is 19.6 Å². The summed E-state index contributed by atoms with van der Waals surface area (Å²) in [6.45, 7) is 8.58. The molecule has 1 N–H and O–H groups in total. The van der Waals surface area contributed by atoms with E-state index in [0.29, 0.717) is 13.1 Å². The average molecular weight is 363 g/mol. The van der Waals surface area contributed by atoms with Crippen molar-refractivity contribution < 1.29 is 19.6 Å². The molecule has 0 atom stereocenters. The van der Waals surface area contributed by atoms with Crippen LogP contribution < -0.4 is 4.90 Å². The van der Waals surface area contributed by atoms with Gasteiger partial charge in [0.05, 0.1) is 4.92 Å². The van der Waals surface area contributed by atoms with Crippen LogP contribution >= 0.6 is 0 Å². The number of anilines is 1. The van der Waals surface area contributed by atoms with Crippen LogP contribution in [0.2, 0.25) is 0 Å². The summed E-state index contributed by atoms with van der Waals surface area (Å²) in [7, 11) is 0. The molecule has 0 saturated carbocycles. The molecule has 1 aromatic carbocycles. The van der Waals surface area contributed by atoms with Crippen LogP contribution in [-0.2, 0) is 4.74 Å². The van der Waals surface area contributed by atoms with E-state index in [1.165, 1.54) is 12.1 Å². The van der Waals surface area contributed by atoms with E-state index in [-0.39, 0.29) is 22.9 Å². The first-order valence-corrected chi connectivity index (χ1v) is 8.79. The van der Waals surface area contributed by atoms with Gasteiger partial charge in [-0.25, -0.2) is 4.79 Å². The van der Waals surface area contributed by atoms with E-state index in [9.17, 15) is 20.0 Å². The predicted octanol–water partition coefficient (Wildman–Crippen LogP) is 3.14. The van der Waals surface area contributed by atoms with Crippen LogP contribution in [0, 0.1) is 15.5 Å². The number of ether oxygens (including phenoxy) is 1. The lowest BCUT2D eigenvalue weighted by atomic mass is 9.72. The highest BCUT2D eigenvalue weighted by molar-refractivity contribution is 5.69. The highest BCUT2D eigenvalue weighted by atomic mass is 16.6. The minimum absolute atomic E-state index is 0.135. The van der Waals surface area contributed by atoms with Crippen molar-refractivity contribution in [2.75, 3.05) is 31.1 Å². The molecule has 3 rings (SSSR count). The molecule has 1 spiro atoms. The Hall–Kier alpha value is -2.51. The van der Waals surface area contributed by atoms with Gasteiger partial charge >= 0.3 is 11.8 Å². The Labute approximate surface area is 152 Å². The summed E-state index contributed by atoms with van der Waals surface area (Å²) in [5, 5.41) is 20.6. The molecule has 0 bridgehead atoms. The molecule has 0 radical (unpaired) electrons. The number of rotatable bonds is 2. The first kappa shape index (κ1) is 18.3. The zero-order chi connectivity index (χ0) is 19.1. The summed E-state index contributed by atoms with van der Waals surface area (Å²) in [5.41, 5.74) is 0.151. The molecule has 8 nitrogen and oxygen atoms in total. The number of hydrogen-bond acceptors (Lipinski definition) is 6. The van der Waals surface area contributed by atoms with Gasteiger partial charge in [-0.3, -0.25) is 10.1 Å². The minimum Gasteiger partial charge on any atom is -0.502 e. The smallest absolute Gasteiger partial charge is 0.410 e. The fourth-order valence-electron chi connectivity index (χ4n) is 3.64. The van der Waals surface area contributed by atoms with E-state index in [1.54, 1.807) is 11.0 Å². The third kappa shape index (κ3) is 3.68. The third-order valence-corrected chi connectivity index (χ3v) is 5.05. The number of carbonyl (C=O) groups excluding carboxylic acids is 1. The standard InChI is InChI=1S/C18H25N3O5/c1-17(2,3)26-16(23)20-11-18(12-20)6-8-19(9-7-18)13-4-5-14(21(24)25)15(22)10-13/h4-5,10,22H,6-9,11-12H2,1-3H3. The summed E-state index contributed by atoms with van der Waals surface area (Å²) in [5.74, 6) is -0.312. The molecule has 8 heteroatoms. The molecule has 0 aliphatic carbocycles. The van der Waals surface area contributed by atoms with Crippen LogP contribution in [0.1, 0.15) is 33.6 Å². The largest absolute Gasteiger partial charge is 0.502 e. The summed E-state index contributed by atoms with van der Waals surface area (Å²) in [6, 6.07) is 4.45. The van der Waals surface area contributed by atoms with Gasteiger partial charge in [-0.2, -0.15) is 0 Å². The number of phenolic OH excluding ortho intramolecular Hbond substituents is 1. The van der Waals surface area contributed by atoms with Crippen molar-refractivity contribution in [3.8, 4) is 5.75 Å². The molecule has 2 heterocycles. The number of benzene rings is 1. The molecular weight excluding hydrogens is 338 g/mol. The lowest BCUT2D eigenvalue weighted by molar-refractivity contribution is -0.385. The lowest BCUT2D eigenvalue weighted by Crippen LogP contribution is -2.62. The number of piperidine rings is 1. The van der Waals surface area contributed by atoms with Crippen LogP contribution in [0.4, 0.5) is 16.2 Å². The Balaban J connectivity index is 1.55. The number of nitro benzene ring substituents is 1. The first-order chi connectivity index (χ1) is 12.1. The van der Waals surface area contributed by atoms with Crippen LogP contribution in [0.15, 0.2) is 18.2 Å². The van der Waals surface area contributed by atoms with E-state index in [4.69, 9.17) is 4.74 Å². The molecular formula is C18H25N3O5. The van der Waals surface area contributed by atoms with Gasteiger partial charge in [0.2, 0.25) is 0 Å². The second kappa shape index (κ2) is 6.34. The molecule has 0 aromatic heterocycles. The van der Waals surface area contributed by atoms with Gasteiger partial charge in [-0.1, -0.05) is 0 Å². The van der Waals surface area contributed by atoms with E-state index in [1.807, 2.05) is 20.8 Å². The fraction of sp³-hybridized carbons (Fsp3) is 0.611. The van der Waals surface area contributed by atoms with E-state index < -0.39 is 10.5 Å². The topological polar surface area (TPSA) is 96.2 Å². The Kier molecular flexibility index (Phi) is 4.46. The number of carbonyl (C=O) groups is 1. The zero-order valence-electron chi connectivity index (χ0n) is 15.4. The fourth-order valence-corrected chi connectivity index (χ4v) is 3.64. The number of hydrogen-bond donors (Lipinski definition) is 1. The molecule has 26 heavy (non-hydrogen) atoms. The number of amides is 1. The maximum atomic E-state index is 12.1. The van der Waals surface area contributed by atoms with Crippen molar-refractivity contribution in [3.63, 3.8) is 0 Å². The van der Waals surface area contributed by atoms with Crippen LogP contribution in [0.25, 0.3) is 0 Å². The van der Waals surface area contributed by atoms with Crippen LogP contribution in [0.3, 0.4) is 0 Å². The Morgan fingerprint density at radius 2 is 1.88 bits per heavy atom. The molecule has 0 unspecified atom stereocenters. The van der Waals surface area contributed by atoms with Gasteiger partial charge in [-0.05, 0) is 39.7 Å². The second-order valence-electron chi connectivity index (χ2n) is 8.25. The molecule has 2 aliphatic heterocycles. The van der Waals surface area contributed by atoms with Crippen molar-refractivity contribution in [1.82, 2.24) is 4.90 Å². The van der Waals surface area contributed by atoms with E-state index in [0.717, 1.165) is 31.6 Å². The predicted molar refractivity (Wildman–Crippen MR) is 96.4 cm³/mol. The normalized spacial score (nSPS) is 19.2. The number of nitrogens with zero attached hydrogens (tertiary/aromatic N) is 3. The Morgan fingerprint density at radius 3 is 2.38 bits per heavy atom. The van der Waals surface area contributed by atoms with Crippen molar-refractivity contribution >= 4 is 17.5 Å². The maximum absolute atomic E-state index is 12.1. The van der Waals surface area contributed by atoms with Crippen molar-refractivity contribution in [2.24, 2.45) is 5.41 Å². The third-order valence-electron chi connectivity index (χ3n) is 5.05. The van der Waals surface area contributed by atoms with Crippen molar-refractivity contribution in [2.45, 2.75) is 39.2 Å². The second-order valence-corrected chi connectivity index (χ2v) is 8.25. The number of nitro groups is 1. The van der Waals surface area contributed by atoms with Gasteiger partial charge in [0, 0.05) is 49.4 Å². The van der Waals surface area contributed by atoms with E-state index in [2.05, 4.69) is 4.90 Å². The highest BCUT2D eigenvalue weighted by Gasteiger charge is 2.47. The summed E-state index contributed by atoms with van der Waals surface area (Å²) < 4.78 is 5.40. The molecule has 1 amide bonds. The first-order valence-electron chi connectivity index (χ1n) is 8.79. The SMILES string of the molecule is CC(C)(C)OC(=O)N1CC2(CCN(c3ccc([N+](=O)[O-])c(O)c3)CC2)C1. The minimum atomic E-state index is -0.593. The molecule has 142 valence electrons. The average Bonchev–Trinajstić information content (AvgIpc) is 2.50. The quantitative estimate of drug-likeness (QED) is 0.640. The maximum Gasteiger partial charge on any atom is 0.410 e. The summed E-state index contributed by atoms with van der Waals surface area (Å²) in [4.78, 5) is 26.2. The monoisotopic (exact) mass is 363 g/mol. The van der Waals surface area contributed by atoms with Gasteiger partial charge in [0.15, 0.2) is 5.75 Å². The lowest BCUT2D eigenvalue weighted by Gasteiger charge is -2.54. The highest BCUT2D eigenvalue weighted by Crippen LogP contribution is 2.42. The molecule has 2 saturated heterocycles. The van der Waals surface area contributed by atoms with Crippen molar-refractivity contribution in [1.29, 1.82) is 0 Å². The Morgan fingerprint density at radius 1 is 1.27 bits per heavy atom. The summed E-state index contributed by atoms with van der Waals surface area (Å²) >= 11 is 0. The number of phenols is 1. The van der Waals surface area contributed by atoms with Gasteiger partial charge in [0.25, 0.3) is 0 Å². The summed E-state index contributed by atoms with van der Waals surface area (Å²) in [6.07, 6.45) is 1.61. The van der Waals surface area contributed by atoms with E-state index >= 15 is 0 Å². The Bertz CT molecular complexity index is 712. The molecule has 1 aromatic rings. The molecule has 2 fully saturated rings. The van der Waals surface area contributed by atoms with Crippen LogP contribution in [-0.4, -0.2) is 52.8 Å². The van der Waals surface area contributed by atoms with Crippen molar-refractivity contribution in [3.05, 3.63) is 28.3 Å². The zero-order valence-corrected chi connectivity index (χ0v) is 15.4.